The summed E-state index contributed by atoms with van der Waals surface area (Å²) < 4.78 is 0. The van der Waals surface area contributed by atoms with Crippen molar-refractivity contribution in [2.24, 2.45) is 5.73 Å². The fraction of sp³-hybridized carbons (Fsp3) is 0.571. The summed E-state index contributed by atoms with van der Waals surface area (Å²) >= 11 is 0. The molecule has 0 aliphatic heterocycles. The van der Waals surface area contributed by atoms with E-state index in [1.165, 1.54) is 24.0 Å². The van der Waals surface area contributed by atoms with Crippen LogP contribution in [0, 0.1) is 0 Å². The van der Waals surface area contributed by atoms with Crippen LogP contribution in [0.3, 0.4) is 0 Å². The average molecular weight is 218 g/mol. The van der Waals surface area contributed by atoms with Crippen molar-refractivity contribution in [3.63, 3.8) is 0 Å². The summed E-state index contributed by atoms with van der Waals surface area (Å²) in [4.78, 5) is 2.57. The Labute approximate surface area is 98.4 Å². The van der Waals surface area contributed by atoms with Crippen LogP contribution in [0.1, 0.15) is 30.9 Å². The van der Waals surface area contributed by atoms with E-state index in [1.54, 1.807) is 0 Å². The van der Waals surface area contributed by atoms with Crippen LogP contribution in [0.5, 0.6) is 0 Å². The van der Waals surface area contributed by atoms with Gasteiger partial charge in [-0.15, -0.1) is 0 Å². The maximum absolute atomic E-state index is 5.54. The molecule has 0 atom stereocenters. The summed E-state index contributed by atoms with van der Waals surface area (Å²) in [7, 11) is 0. The SMILES string of the molecule is CCN(Cc1ccc(CCN)cc1)C1CC1. The van der Waals surface area contributed by atoms with E-state index in [4.69, 9.17) is 5.73 Å². The molecule has 2 nitrogen and oxygen atoms in total. The molecule has 1 saturated carbocycles. The molecule has 1 fully saturated rings. The molecule has 16 heavy (non-hydrogen) atoms. The van der Waals surface area contributed by atoms with Gasteiger partial charge in [0.1, 0.15) is 0 Å². The van der Waals surface area contributed by atoms with Gasteiger partial charge in [0.05, 0.1) is 0 Å². The Bertz CT molecular complexity index is 314. The number of rotatable bonds is 6. The van der Waals surface area contributed by atoms with Gasteiger partial charge in [0.15, 0.2) is 0 Å². The van der Waals surface area contributed by atoms with Crippen molar-refractivity contribution < 1.29 is 0 Å². The van der Waals surface area contributed by atoms with E-state index >= 15 is 0 Å². The summed E-state index contributed by atoms with van der Waals surface area (Å²) in [6.07, 6.45) is 3.76. The first-order valence-electron chi connectivity index (χ1n) is 6.35. The normalized spacial score (nSPS) is 15.7. The third-order valence-electron chi connectivity index (χ3n) is 3.31. The van der Waals surface area contributed by atoms with Gasteiger partial charge in [-0.05, 0) is 43.5 Å². The van der Waals surface area contributed by atoms with Crippen LogP contribution in [0.15, 0.2) is 24.3 Å². The second-order valence-electron chi connectivity index (χ2n) is 4.65. The molecule has 0 saturated heterocycles. The summed E-state index contributed by atoms with van der Waals surface area (Å²) in [5.41, 5.74) is 8.31. The minimum atomic E-state index is 0.739. The highest BCUT2D eigenvalue weighted by molar-refractivity contribution is 5.23. The topological polar surface area (TPSA) is 29.3 Å². The molecule has 88 valence electrons. The molecular weight excluding hydrogens is 196 g/mol. The van der Waals surface area contributed by atoms with Crippen LogP contribution in [-0.4, -0.2) is 24.0 Å². The molecule has 0 spiro atoms. The first-order chi connectivity index (χ1) is 7.83. The fourth-order valence-corrected chi connectivity index (χ4v) is 2.15. The van der Waals surface area contributed by atoms with E-state index in [9.17, 15) is 0 Å². The van der Waals surface area contributed by atoms with Gasteiger partial charge in [-0.3, -0.25) is 4.90 Å². The van der Waals surface area contributed by atoms with Gasteiger partial charge in [0.25, 0.3) is 0 Å². The third-order valence-corrected chi connectivity index (χ3v) is 3.31. The molecule has 1 aromatic rings. The third kappa shape index (κ3) is 3.06. The summed E-state index contributed by atoms with van der Waals surface area (Å²) in [5.74, 6) is 0. The lowest BCUT2D eigenvalue weighted by Gasteiger charge is -2.19. The monoisotopic (exact) mass is 218 g/mol. The number of hydrogen-bond acceptors (Lipinski definition) is 2. The van der Waals surface area contributed by atoms with Gasteiger partial charge < -0.3 is 5.73 Å². The minimum Gasteiger partial charge on any atom is -0.330 e. The van der Waals surface area contributed by atoms with E-state index in [1.807, 2.05) is 0 Å². The van der Waals surface area contributed by atoms with Gasteiger partial charge in [-0.2, -0.15) is 0 Å². The Hall–Kier alpha value is -0.860. The van der Waals surface area contributed by atoms with Gasteiger partial charge in [-0.1, -0.05) is 31.2 Å². The lowest BCUT2D eigenvalue weighted by molar-refractivity contribution is 0.269. The Morgan fingerprint density at radius 1 is 1.19 bits per heavy atom. The standard InChI is InChI=1S/C14H22N2/c1-2-16(14-7-8-14)11-13-5-3-12(4-6-13)9-10-15/h3-6,14H,2,7-11,15H2,1H3. The lowest BCUT2D eigenvalue weighted by atomic mass is 10.1. The molecule has 0 unspecified atom stereocenters. The maximum atomic E-state index is 5.54. The molecule has 0 amide bonds. The molecule has 1 aromatic carbocycles. The van der Waals surface area contributed by atoms with Gasteiger partial charge in [0.2, 0.25) is 0 Å². The lowest BCUT2D eigenvalue weighted by Crippen LogP contribution is -2.24. The van der Waals surface area contributed by atoms with E-state index < -0.39 is 0 Å². The van der Waals surface area contributed by atoms with Crippen molar-refractivity contribution in [1.29, 1.82) is 0 Å². The number of benzene rings is 1. The van der Waals surface area contributed by atoms with Crippen LogP contribution < -0.4 is 5.73 Å². The largest absolute Gasteiger partial charge is 0.330 e. The fourth-order valence-electron chi connectivity index (χ4n) is 2.15. The first kappa shape index (κ1) is 11.6. The van der Waals surface area contributed by atoms with E-state index in [0.29, 0.717) is 0 Å². The Balaban J connectivity index is 1.92. The number of nitrogens with two attached hydrogens (primary N) is 1. The molecule has 0 radical (unpaired) electrons. The van der Waals surface area contributed by atoms with E-state index in [0.717, 1.165) is 32.1 Å². The maximum Gasteiger partial charge on any atom is 0.0236 e. The number of nitrogens with zero attached hydrogens (tertiary/aromatic N) is 1. The zero-order chi connectivity index (χ0) is 11.4. The van der Waals surface area contributed by atoms with Gasteiger partial charge in [-0.25, -0.2) is 0 Å². The zero-order valence-corrected chi connectivity index (χ0v) is 10.2. The number of hydrogen-bond donors (Lipinski definition) is 1. The van der Waals surface area contributed by atoms with Crippen molar-refractivity contribution in [3.05, 3.63) is 35.4 Å². The van der Waals surface area contributed by atoms with Crippen LogP contribution in [0.4, 0.5) is 0 Å². The molecule has 2 rings (SSSR count). The second kappa shape index (κ2) is 5.46. The highest BCUT2D eigenvalue weighted by Crippen LogP contribution is 2.27. The highest BCUT2D eigenvalue weighted by atomic mass is 15.2. The Morgan fingerprint density at radius 3 is 2.31 bits per heavy atom. The molecule has 0 heterocycles. The molecule has 2 heteroatoms. The van der Waals surface area contributed by atoms with Gasteiger partial charge in [0, 0.05) is 12.6 Å². The molecule has 2 N–H and O–H groups in total. The predicted octanol–water partition coefficient (Wildman–Crippen LogP) is 2.17. The molecular formula is C14H22N2. The van der Waals surface area contributed by atoms with Crippen LogP contribution in [0.2, 0.25) is 0 Å². The van der Waals surface area contributed by atoms with Crippen molar-refractivity contribution >= 4 is 0 Å². The van der Waals surface area contributed by atoms with Crippen LogP contribution in [-0.2, 0) is 13.0 Å². The minimum absolute atomic E-state index is 0.739. The molecule has 0 aromatic heterocycles. The summed E-state index contributed by atoms with van der Waals surface area (Å²) in [6.45, 7) is 5.25. The van der Waals surface area contributed by atoms with Crippen LogP contribution >= 0.6 is 0 Å². The first-order valence-corrected chi connectivity index (χ1v) is 6.35. The van der Waals surface area contributed by atoms with Crippen molar-refractivity contribution in [1.82, 2.24) is 4.90 Å². The molecule has 1 aliphatic carbocycles. The zero-order valence-electron chi connectivity index (χ0n) is 10.2. The van der Waals surface area contributed by atoms with Crippen LogP contribution in [0.25, 0.3) is 0 Å². The Morgan fingerprint density at radius 2 is 1.81 bits per heavy atom. The quantitative estimate of drug-likeness (QED) is 0.793. The molecule has 1 aliphatic rings. The van der Waals surface area contributed by atoms with Crippen molar-refractivity contribution in [3.8, 4) is 0 Å². The van der Waals surface area contributed by atoms with Crippen molar-refractivity contribution in [2.75, 3.05) is 13.1 Å². The highest BCUT2D eigenvalue weighted by Gasteiger charge is 2.27. The smallest absolute Gasteiger partial charge is 0.0236 e. The second-order valence-corrected chi connectivity index (χ2v) is 4.65. The van der Waals surface area contributed by atoms with Gasteiger partial charge >= 0.3 is 0 Å². The van der Waals surface area contributed by atoms with Crippen molar-refractivity contribution in [2.45, 2.75) is 38.8 Å². The summed E-state index contributed by atoms with van der Waals surface area (Å²) in [5, 5.41) is 0. The average Bonchev–Trinajstić information content (AvgIpc) is 3.12. The Kier molecular flexibility index (Phi) is 3.97. The predicted molar refractivity (Wildman–Crippen MR) is 68.3 cm³/mol. The summed E-state index contributed by atoms with van der Waals surface area (Å²) in [6, 6.07) is 9.77. The van der Waals surface area contributed by atoms with E-state index in [-0.39, 0.29) is 0 Å². The van der Waals surface area contributed by atoms with E-state index in [2.05, 4.69) is 36.1 Å². The molecule has 0 bridgehead atoms.